The highest BCUT2D eigenvalue weighted by Gasteiger charge is 2.45. The number of nitrogens with one attached hydrogen (secondary N) is 1. The lowest BCUT2D eigenvalue weighted by Crippen LogP contribution is -2.53. The fraction of sp³-hybridized carbons (Fsp3) is 0.733. The number of carbonyl (C=O) groups excluding carboxylic acids is 2. The normalized spacial score (nSPS) is 24.0. The number of hydrogen-bond donors (Lipinski definition) is 4. The maximum Gasteiger partial charge on any atom is 0.306 e. The Bertz CT molecular complexity index is 514. The lowest BCUT2D eigenvalue weighted by atomic mass is 9.92. The summed E-state index contributed by atoms with van der Waals surface area (Å²) in [5.41, 5.74) is 10.9. The largest absolute Gasteiger partial charge is 0.481 e. The van der Waals surface area contributed by atoms with Crippen LogP contribution in [-0.2, 0) is 14.4 Å². The molecule has 1 aliphatic rings. The van der Waals surface area contributed by atoms with Gasteiger partial charge in [-0.15, -0.1) is 0 Å². The number of carboxylic acid groups (broad SMARTS) is 1. The lowest BCUT2D eigenvalue weighted by molar-refractivity contribution is -0.142. The van der Waals surface area contributed by atoms with Crippen LogP contribution in [0.3, 0.4) is 0 Å². The number of carboxylic acids is 1. The molecule has 1 unspecified atom stereocenters. The Labute approximate surface area is 141 Å². The smallest absolute Gasteiger partial charge is 0.306 e. The molecule has 6 N–H and O–H groups in total. The average Bonchev–Trinajstić information content (AvgIpc) is 2.88. The quantitative estimate of drug-likeness (QED) is 0.348. The fourth-order valence-electron chi connectivity index (χ4n) is 3.25. The Morgan fingerprint density at radius 3 is 2.25 bits per heavy atom. The van der Waals surface area contributed by atoms with Gasteiger partial charge < -0.3 is 26.8 Å². The summed E-state index contributed by atoms with van der Waals surface area (Å²) in [4.78, 5) is 41.4. The van der Waals surface area contributed by atoms with Crippen molar-refractivity contribution < 1.29 is 19.5 Å². The first-order valence-corrected chi connectivity index (χ1v) is 8.08. The van der Waals surface area contributed by atoms with Gasteiger partial charge in [0.2, 0.25) is 11.8 Å². The van der Waals surface area contributed by atoms with Crippen LogP contribution in [0.1, 0.15) is 33.6 Å². The van der Waals surface area contributed by atoms with Gasteiger partial charge in [-0.1, -0.05) is 0 Å². The van der Waals surface area contributed by atoms with Gasteiger partial charge in [0.05, 0.1) is 12.0 Å². The summed E-state index contributed by atoms with van der Waals surface area (Å²) in [5, 5.41) is 12.0. The van der Waals surface area contributed by atoms with Gasteiger partial charge in [-0.25, -0.2) is 4.99 Å². The zero-order chi connectivity index (χ0) is 18.4. The predicted octanol–water partition coefficient (Wildman–Crippen LogP) is -0.888. The number of rotatable bonds is 7. The minimum absolute atomic E-state index is 0.159. The van der Waals surface area contributed by atoms with Gasteiger partial charge in [-0.05, 0) is 26.7 Å². The highest BCUT2D eigenvalue weighted by Crippen LogP contribution is 2.36. The Balaban J connectivity index is 3.16. The highest BCUT2D eigenvalue weighted by atomic mass is 16.4. The molecule has 2 amide bonds. The molecule has 0 radical (unpaired) electrons. The third kappa shape index (κ3) is 4.84. The predicted molar refractivity (Wildman–Crippen MR) is 89.0 cm³/mol. The van der Waals surface area contributed by atoms with E-state index in [0.717, 1.165) is 0 Å². The number of likely N-dealkylation sites (N-methyl/N-ethyl adjacent to an activating group) is 1. The van der Waals surface area contributed by atoms with E-state index in [4.69, 9.17) is 11.5 Å². The number of amides is 2. The molecule has 0 heterocycles. The molecule has 0 aromatic heterocycles. The summed E-state index contributed by atoms with van der Waals surface area (Å²) in [7, 11) is 0. The van der Waals surface area contributed by atoms with E-state index >= 15 is 0 Å². The molecule has 0 aliphatic heterocycles. The van der Waals surface area contributed by atoms with E-state index in [0.29, 0.717) is 13.1 Å². The van der Waals surface area contributed by atoms with Gasteiger partial charge in [-0.3, -0.25) is 14.4 Å². The highest BCUT2D eigenvalue weighted by molar-refractivity contribution is 5.87. The van der Waals surface area contributed by atoms with E-state index < -0.39 is 29.9 Å². The van der Waals surface area contributed by atoms with Crippen molar-refractivity contribution in [3.63, 3.8) is 0 Å². The summed E-state index contributed by atoms with van der Waals surface area (Å²) in [6, 6.07) is -1.37. The van der Waals surface area contributed by atoms with Crippen molar-refractivity contribution in [3.05, 3.63) is 0 Å². The number of carbonyl (C=O) groups is 3. The van der Waals surface area contributed by atoms with Crippen molar-refractivity contribution in [1.82, 2.24) is 10.2 Å². The fourth-order valence-corrected chi connectivity index (χ4v) is 3.25. The van der Waals surface area contributed by atoms with Crippen LogP contribution in [-0.4, -0.2) is 58.9 Å². The van der Waals surface area contributed by atoms with Crippen LogP contribution in [0.25, 0.3) is 0 Å². The SMILES string of the molecule is CCN(CC)C(=O)[C@@H](NC(C)=O)[C@H]1CC(C(=O)O)C[C@@H]1N=C(N)N. The molecule has 1 aliphatic carbocycles. The van der Waals surface area contributed by atoms with Gasteiger partial charge in [-0.2, -0.15) is 0 Å². The monoisotopic (exact) mass is 341 g/mol. The molecule has 9 heteroatoms. The van der Waals surface area contributed by atoms with Crippen molar-refractivity contribution in [2.45, 2.75) is 45.7 Å². The molecule has 0 bridgehead atoms. The second-order valence-electron chi connectivity index (χ2n) is 5.98. The van der Waals surface area contributed by atoms with Crippen LogP contribution in [0.5, 0.6) is 0 Å². The van der Waals surface area contributed by atoms with Crippen molar-refractivity contribution >= 4 is 23.7 Å². The summed E-state index contributed by atoms with van der Waals surface area (Å²) in [5.74, 6) is -2.84. The first kappa shape index (κ1) is 19.7. The molecule has 0 spiro atoms. The molecule has 1 saturated carbocycles. The minimum atomic E-state index is -0.954. The molecule has 9 nitrogen and oxygen atoms in total. The van der Waals surface area contributed by atoms with E-state index in [1.165, 1.54) is 6.92 Å². The van der Waals surface area contributed by atoms with Crippen LogP contribution >= 0.6 is 0 Å². The van der Waals surface area contributed by atoms with Crippen molar-refractivity contribution in [3.8, 4) is 0 Å². The van der Waals surface area contributed by atoms with E-state index in [-0.39, 0.29) is 30.6 Å². The number of guanidine groups is 1. The molecule has 0 aromatic carbocycles. The Hall–Kier alpha value is -2.32. The van der Waals surface area contributed by atoms with Crippen LogP contribution in [0.2, 0.25) is 0 Å². The number of hydrogen-bond acceptors (Lipinski definition) is 4. The Morgan fingerprint density at radius 1 is 1.25 bits per heavy atom. The van der Waals surface area contributed by atoms with E-state index in [1.807, 2.05) is 13.8 Å². The zero-order valence-corrected chi connectivity index (χ0v) is 14.4. The Kier molecular flexibility index (Phi) is 6.99. The topological polar surface area (TPSA) is 151 Å². The van der Waals surface area contributed by atoms with E-state index in [9.17, 15) is 19.5 Å². The summed E-state index contributed by atoms with van der Waals surface area (Å²) in [6.07, 6.45) is 0.467. The third-order valence-corrected chi connectivity index (χ3v) is 4.37. The van der Waals surface area contributed by atoms with Crippen LogP contribution in [0.15, 0.2) is 4.99 Å². The number of aliphatic carboxylic acids is 1. The molecular weight excluding hydrogens is 314 g/mol. The summed E-state index contributed by atoms with van der Waals surface area (Å²) < 4.78 is 0. The molecule has 136 valence electrons. The van der Waals surface area contributed by atoms with Crippen molar-refractivity contribution in [2.75, 3.05) is 13.1 Å². The number of nitrogens with zero attached hydrogens (tertiary/aromatic N) is 2. The van der Waals surface area contributed by atoms with E-state index in [1.54, 1.807) is 4.90 Å². The molecule has 24 heavy (non-hydrogen) atoms. The van der Waals surface area contributed by atoms with Gasteiger partial charge >= 0.3 is 5.97 Å². The maximum absolute atomic E-state index is 12.8. The first-order valence-electron chi connectivity index (χ1n) is 8.08. The van der Waals surface area contributed by atoms with Crippen LogP contribution in [0, 0.1) is 11.8 Å². The maximum atomic E-state index is 12.8. The molecule has 4 atom stereocenters. The second-order valence-corrected chi connectivity index (χ2v) is 5.98. The number of aliphatic imine (C=N–C) groups is 1. The second kappa shape index (κ2) is 8.51. The molecule has 0 aromatic rings. The molecule has 1 rings (SSSR count). The van der Waals surface area contributed by atoms with Crippen molar-refractivity contribution in [1.29, 1.82) is 0 Å². The summed E-state index contributed by atoms with van der Waals surface area (Å²) >= 11 is 0. The van der Waals surface area contributed by atoms with Gasteiger partial charge in [0.1, 0.15) is 6.04 Å². The van der Waals surface area contributed by atoms with Crippen LogP contribution < -0.4 is 16.8 Å². The third-order valence-electron chi connectivity index (χ3n) is 4.37. The van der Waals surface area contributed by atoms with E-state index in [2.05, 4.69) is 10.3 Å². The zero-order valence-electron chi connectivity index (χ0n) is 14.4. The van der Waals surface area contributed by atoms with Gasteiger partial charge in [0.15, 0.2) is 5.96 Å². The first-order chi connectivity index (χ1) is 11.2. The number of nitrogens with two attached hydrogens (primary N) is 2. The lowest BCUT2D eigenvalue weighted by Gasteiger charge is -2.31. The molecule has 1 fully saturated rings. The van der Waals surface area contributed by atoms with Crippen LogP contribution in [0.4, 0.5) is 0 Å². The average molecular weight is 341 g/mol. The van der Waals surface area contributed by atoms with Gasteiger partial charge in [0.25, 0.3) is 0 Å². The Morgan fingerprint density at radius 2 is 1.83 bits per heavy atom. The van der Waals surface area contributed by atoms with Gasteiger partial charge in [0, 0.05) is 25.9 Å². The standard InChI is InChI=1S/C15H27N5O4/c1-4-20(5-2)13(22)12(18-8(3)21)10-6-9(14(23)24)7-11(10)19-15(16)17/h9-12H,4-7H2,1-3H3,(H,18,21)(H,23,24)(H4,16,17,19)/t9?,10-,11-,12-/m0/s1. The van der Waals surface area contributed by atoms with Crippen molar-refractivity contribution in [2.24, 2.45) is 28.3 Å². The minimum Gasteiger partial charge on any atom is -0.481 e. The molecular formula is C15H27N5O4. The molecule has 0 saturated heterocycles. The summed E-state index contributed by atoms with van der Waals surface area (Å²) in [6.45, 7) is 5.99.